The SMILES string of the molecule is COCCN(C)S(=O)(=O)c1ccc(CN)nc1. The first-order valence-electron chi connectivity index (χ1n) is 5.12. The van der Waals surface area contributed by atoms with Crippen LogP contribution in [0.25, 0.3) is 0 Å². The highest BCUT2D eigenvalue weighted by atomic mass is 32.2. The van der Waals surface area contributed by atoms with Gasteiger partial charge in [0.25, 0.3) is 0 Å². The summed E-state index contributed by atoms with van der Waals surface area (Å²) in [6.07, 6.45) is 1.32. The minimum atomic E-state index is -3.49. The van der Waals surface area contributed by atoms with Crippen molar-refractivity contribution in [3.63, 3.8) is 0 Å². The third kappa shape index (κ3) is 3.47. The highest BCUT2D eigenvalue weighted by Crippen LogP contribution is 2.12. The summed E-state index contributed by atoms with van der Waals surface area (Å²) in [5.41, 5.74) is 6.05. The normalized spacial score (nSPS) is 12.0. The van der Waals surface area contributed by atoms with Gasteiger partial charge in [0, 0.05) is 33.4 Å². The highest BCUT2D eigenvalue weighted by molar-refractivity contribution is 7.89. The number of ether oxygens (including phenoxy) is 1. The van der Waals surface area contributed by atoms with Gasteiger partial charge >= 0.3 is 0 Å². The van der Waals surface area contributed by atoms with Gasteiger partial charge in [-0.3, -0.25) is 4.98 Å². The molecular weight excluding hydrogens is 242 g/mol. The molecular formula is C10H17N3O3S. The fourth-order valence-corrected chi connectivity index (χ4v) is 2.30. The van der Waals surface area contributed by atoms with Crippen LogP contribution in [0.4, 0.5) is 0 Å². The van der Waals surface area contributed by atoms with Gasteiger partial charge in [0.2, 0.25) is 10.0 Å². The average Bonchev–Trinajstić information content (AvgIpc) is 2.35. The molecule has 0 aliphatic rings. The van der Waals surface area contributed by atoms with Crippen LogP contribution in [0.2, 0.25) is 0 Å². The first kappa shape index (κ1) is 14.0. The molecule has 0 radical (unpaired) electrons. The van der Waals surface area contributed by atoms with Crippen molar-refractivity contribution in [2.24, 2.45) is 5.73 Å². The first-order chi connectivity index (χ1) is 8.02. The zero-order valence-electron chi connectivity index (χ0n) is 9.96. The van der Waals surface area contributed by atoms with Crippen LogP contribution in [0.3, 0.4) is 0 Å². The summed E-state index contributed by atoms with van der Waals surface area (Å²) in [5.74, 6) is 0. The number of nitrogens with two attached hydrogens (primary N) is 1. The van der Waals surface area contributed by atoms with Crippen molar-refractivity contribution in [2.45, 2.75) is 11.4 Å². The number of rotatable bonds is 6. The molecule has 0 aliphatic carbocycles. The standard InChI is InChI=1S/C10H17N3O3S/c1-13(5-6-16-2)17(14,15)10-4-3-9(7-11)12-8-10/h3-4,8H,5-7,11H2,1-2H3. The lowest BCUT2D eigenvalue weighted by atomic mass is 10.4. The number of sulfonamides is 1. The zero-order valence-corrected chi connectivity index (χ0v) is 10.8. The second kappa shape index (κ2) is 6.06. The van der Waals surface area contributed by atoms with E-state index >= 15 is 0 Å². The van der Waals surface area contributed by atoms with Crippen LogP contribution in [-0.2, 0) is 21.3 Å². The molecule has 0 unspecified atom stereocenters. The van der Waals surface area contributed by atoms with Gasteiger partial charge in [0.05, 0.1) is 12.3 Å². The molecule has 0 spiro atoms. The Kier molecular flexibility index (Phi) is 5.01. The average molecular weight is 259 g/mol. The van der Waals surface area contributed by atoms with E-state index in [1.807, 2.05) is 0 Å². The summed E-state index contributed by atoms with van der Waals surface area (Å²) in [6.45, 7) is 0.946. The number of pyridine rings is 1. The maximum absolute atomic E-state index is 12.0. The lowest BCUT2D eigenvalue weighted by molar-refractivity contribution is 0.185. The lowest BCUT2D eigenvalue weighted by Gasteiger charge is -2.16. The van der Waals surface area contributed by atoms with Crippen molar-refractivity contribution in [3.05, 3.63) is 24.0 Å². The number of aromatic nitrogens is 1. The Labute approximate surface area is 101 Å². The Morgan fingerprint density at radius 2 is 2.18 bits per heavy atom. The van der Waals surface area contributed by atoms with Crippen molar-refractivity contribution in [1.82, 2.24) is 9.29 Å². The van der Waals surface area contributed by atoms with Gasteiger partial charge in [-0.05, 0) is 12.1 Å². The Morgan fingerprint density at radius 3 is 2.65 bits per heavy atom. The van der Waals surface area contributed by atoms with Crippen LogP contribution >= 0.6 is 0 Å². The molecule has 0 aliphatic heterocycles. The van der Waals surface area contributed by atoms with Crippen molar-refractivity contribution in [3.8, 4) is 0 Å². The summed E-state index contributed by atoms with van der Waals surface area (Å²) in [4.78, 5) is 4.12. The zero-order chi connectivity index (χ0) is 12.9. The summed E-state index contributed by atoms with van der Waals surface area (Å²) >= 11 is 0. The molecule has 0 atom stereocenters. The molecule has 1 rings (SSSR count). The molecule has 2 N–H and O–H groups in total. The largest absolute Gasteiger partial charge is 0.383 e. The monoisotopic (exact) mass is 259 g/mol. The van der Waals surface area contributed by atoms with E-state index in [0.29, 0.717) is 25.4 Å². The summed E-state index contributed by atoms with van der Waals surface area (Å²) < 4.78 is 30.1. The second-order valence-electron chi connectivity index (χ2n) is 3.51. The second-order valence-corrected chi connectivity index (χ2v) is 5.55. The molecule has 6 nitrogen and oxygen atoms in total. The van der Waals surface area contributed by atoms with Crippen molar-refractivity contribution in [1.29, 1.82) is 0 Å². The Bertz CT molecular complexity index is 444. The molecule has 1 aromatic heterocycles. The first-order valence-corrected chi connectivity index (χ1v) is 6.56. The fourth-order valence-electron chi connectivity index (χ4n) is 1.20. The van der Waals surface area contributed by atoms with Gasteiger partial charge in [-0.25, -0.2) is 8.42 Å². The number of hydrogen-bond donors (Lipinski definition) is 1. The third-order valence-electron chi connectivity index (χ3n) is 2.33. The molecule has 17 heavy (non-hydrogen) atoms. The molecule has 0 saturated carbocycles. The summed E-state index contributed by atoms with van der Waals surface area (Å²) in [6, 6.07) is 3.12. The molecule has 1 aromatic rings. The van der Waals surface area contributed by atoms with Gasteiger partial charge in [0.1, 0.15) is 4.90 Å². The predicted molar refractivity (Wildman–Crippen MR) is 63.8 cm³/mol. The molecule has 0 fully saturated rings. The van der Waals surface area contributed by atoms with E-state index in [9.17, 15) is 8.42 Å². The molecule has 7 heteroatoms. The maximum Gasteiger partial charge on any atom is 0.244 e. The fraction of sp³-hybridized carbons (Fsp3) is 0.500. The van der Waals surface area contributed by atoms with Crippen LogP contribution in [0.15, 0.2) is 23.2 Å². The maximum atomic E-state index is 12.0. The van der Waals surface area contributed by atoms with Gasteiger partial charge in [-0.2, -0.15) is 4.31 Å². The van der Waals surface area contributed by atoms with E-state index in [1.54, 1.807) is 6.07 Å². The van der Waals surface area contributed by atoms with Gasteiger partial charge < -0.3 is 10.5 Å². The van der Waals surface area contributed by atoms with Gasteiger partial charge in [0.15, 0.2) is 0 Å². The van der Waals surface area contributed by atoms with Crippen LogP contribution in [0, 0.1) is 0 Å². The van der Waals surface area contributed by atoms with Crippen molar-refractivity contribution in [2.75, 3.05) is 27.3 Å². The molecule has 0 aromatic carbocycles. The molecule has 0 saturated heterocycles. The van der Waals surface area contributed by atoms with Crippen LogP contribution in [0.5, 0.6) is 0 Å². The van der Waals surface area contributed by atoms with Crippen LogP contribution < -0.4 is 5.73 Å². The molecule has 1 heterocycles. The van der Waals surface area contributed by atoms with Gasteiger partial charge in [-0.1, -0.05) is 0 Å². The molecule has 0 amide bonds. The van der Waals surface area contributed by atoms with Crippen molar-refractivity contribution < 1.29 is 13.2 Å². The summed E-state index contributed by atoms with van der Waals surface area (Å²) in [5, 5.41) is 0. The lowest BCUT2D eigenvalue weighted by Crippen LogP contribution is -2.30. The third-order valence-corrected chi connectivity index (χ3v) is 4.17. The highest BCUT2D eigenvalue weighted by Gasteiger charge is 2.20. The van der Waals surface area contributed by atoms with Crippen molar-refractivity contribution >= 4 is 10.0 Å². The Balaban J connectivity index is 2.88. The molecule has 0 bridgehead atoms. The van der Waals surface area contributed by atoms with E-state index in [2.05, 4.69) is 4.98 Å². The van der Waals surface area contributed by atoms with E-state index < -0.39 is 10.0 Å². The number of likely N-dealkylation sites (N-methyl/N-ethyl adjacent to an activating group) is 1. The smallest absolute Gasteiger partial charge is 0.244 e. The molecule has 96 valence electrons. The Morgan fingerprint density at radius 1 is 1.47 bits per heavy atom. The van der Waals surface area contributed by atoms with Crippen LogP contribution in [0.1, 0.15) is 5.69 Å². The number of hydrogen-bond acceptors (Lipinski definition) is 5. The van der Waals surface area contributed by atoms with E-state index in [1.165, 1.54) is 30.7 Å². The van der Waals surface area contributed by atoms with Crippen LogP contribution in [-0.4, -0.2) is 45.0 Å². The predicted octanol–water partition coefficient (Wildman–Crippen LogP) is -0.193. The number of methoxy groups -OCH3 is 1. The van der Waals surface area contributed by atoms with Gasteiger partial charge in [-0.15, -0.1) is 0 Å². The van der Waals surface area contributed by atoms with E-state index in [4.69, 9.17) is 10.5 Å². The quantitative estimate of drug-likeness (QED) is 0.765. The Hall–Kier alpha value is -1.02. The van der Waals surface area contributed by atoms with E-state index in [-0.39, 0.29) is 4.90 Å². The summed E-state index contributed by atoms with van der Waals surface area (Å²) in [7, 11) is -0.455. The minimum absolute atomic E-state index is 0.160. The minimum Gasteiger partial charge on any atom is -0.383 e. The number of nitrogens with zero attached hydrogens (tertiary/aromatic N) is 2. The topological polar surface area (TPSA) is 85.5 Å². The van der Waals surface area contributed by atoms with E-state index in [0.717, 1.165) is 0 Å².